The van der Waals surface area contributed by atoms with Crippen LogP contribution < -0.4 is 10.9 Å². The van der Waals surface area contributed by atoms with E-state index in [4.69, 9.17) is 0 Å². The SMILES string of the molecule is C1CCCCCCCNNCCCCCCC1. The number of hydrogen-bond acceptors (Lipinski definition) is 2. The summed E-state index contributed by atoms with van der Waals surface area (Å²) in [5, 5.41) is 0. The first-order chi connectivity index (χ1) is 8.50. The lowest BCUT2D eigenvalue weighted by atomic mass is 10.0. The fourth-order valence-electron chi connectivity index (χ4n) is 2.55. The van der Waals surface area contributed by atoms with Crippen molar-refractivity contribution in [3.05, 3.63) is 0 Å². The Balaban J connectivity index is 2.01. The Morgan fingerprint density at radius 1 is 0.294 bits per heavy atom. The first-order valence-corrected chi connectivity index (χ1v) is 7.96. The van der Waals surface area contributed by atoms with Gasteiger partial charge < -0.3 is 0 Å². The van der Waals surface area contributed by atoms with Crippen molar-refractivity contribution in [2.75, 3.05) is 13.1 Å². The van der Waals surface area contributed by atoms with Gasteiger partial charge in [-0.25, -0.2) is 0 Å². The molecule has 1 rings (SSSR count). The molecule has 0 amide bonds. The van der Waals surface area contributed by atoms with Crippen LogP contribution in [0.4, 0.5) is 0 Å². The van der Waals surface area contributed by atoms with Gasteiger partial charge in [0, 0.05) is 13.1 Å². The van der Waals surface area contributed by atoms with Gasteiger partial charge in [0.25, 0.3) is 0 Å². The highest BCUT2D eigenvalue weighted by molar-refractivity contribution is 4.52. The van der Waals surface area contributed by atoms with Crippen LogP contribution in [0.5, 0.6) is 0 Å². The maximum absolute atomic E-state index is 3.33. The molecule has 0 spiro atoms. The lowest BCUT2D eigenvalue weighted by molar-refractivity contribution is 0.484. The standard InChI is InChI=1S/C15H32N2/c1-2-4-6-8-10-12-14-16-17-15-13-11-9-7-5-3-1/h16-17H,1-15H2. The summed E-state index contributed by atoms with van der Waals surface area (Å²) in [7, 11) is 0. The molecule has 17 heavy (non-hydrogen) atoms. The van der Waals surface area contributed by atoms with Crippen molar-refractivity contribution in [2.45, 2.75) is 83.5 Å². The molecule has 0 saturated carbocycles. The molecule has 1 heterocycles. The van der Waals surface area contributed by atoms with Crippen molar-refractivity contribution < 1.29 is 0 Å². The highest BCUT2D eigenvalue weighted by Crippen LogP contribution is 2.12. The molecule has 0 bridgehead atoms. The predicted octanol–water partition coefficient (Wildman–Crippen LogP) is 4.17. The summed E-state index contributed by atoms with van der Waals surface area (Å²) in [4.78, 5) is 0. The van der Waals surface area contributed by atoms with Gasteiger partial charge in [0.15, 0.2) is 0 Å². The summed E-state index contributed by atoms with van der Waals surface area (Å²) >= 11 is 0. The van der Waals surface area contributed by atoms with Crippen molar-refractivity contribution >= 4 is 0 Å². The Kier molecular flexibility index (Phi) is 10.9. The molecule has 0 unspecified atom stereocenters. The lowest BCUT2D eigenvalue weighted by Crippen LogP contribution is -2.33. The molecule has 1 saturated heterocycles. The van der Waals surface area contributed by atoms with E-state index in [2.05, 4.69) is 10.9 Å². The summed E-state index contributed by atoms with van der Waals surface area (Å²) < 4.78 is 0. The zero-order valence-corrected chi connectivity index (χ0v) is 11.6. The molecule has 102 valence electrons. The molecule has 1 fully saturated rings. The molecule has 2 nitrogen and oxygen atoms in total. The summed E-state index contributed by atoms with van der Waals surface area (Å²) in [6, 6.07) is 0. The molecular formula is C15H32N2. The molecule has 1 aliphatic rings. The van der Waals surface area contributed by atoms with Gasteiger partial charge in [-0.3, -0.25) is 10.9 Å². The molecule has 2 heteroatoms. The zero-order chi connectivity index (χ0) is 12.0. The first-order valence-electron chi connectivity index (χ1n) is 7.96. The van der Waals surface area contributed by atoms with Crippen LogP contribution in [-0.2, 0) is 0 Å². The Labute approximate surface area is 108 Å². The number of hydrogen-bond donors (Lipinski definition) is 2. The number of nitrogens with one attached hydrogen (secondary N) is 2. The maximum atomic E-state index is 3.33. The largest absolute Gasteiger partial charge is 0.258 e. The van der Waals surface area contributed by atoms with Crippen LogP contribution in [-0.4, -0.2) is 13.1 Å². The smallest absolute Gasteiger partial charge is 0.00997 e. The topological polar surface area (TPSA) is 24.1 Å². The molecule has 0 aliphatic carbocycles. The van der Waals surface area contributed by atoms with Crippen molar-refractivity contribution in [3.63, 3.8) is 0 Å². The summed E-state index contributed by atoms with van der Waals surface area (Å²) in [6.45, 7) is 2.28. The van der Waals surface area contributed by atoms with E-state index in [-0.39, 0.29) is 0 Å². The Bertz CT molecular complexity index is 78.4. The average Bonchev–Trinajstić information content (AvgIpc) is 2.35. The summed E-state index contributed by atoms with van der Waals surface area (Å²) in [6.07, 6.45) is 18.6. The molecular weight excluding hydrogens is 208 g/mol. The monoisotopic (exact) mass is 240 g/mol. The van der Waals surface area contributed by atoms with E-state index in [1.165, 1.54) is 83.5 Å². The minimum Gasteiger partial charge on any atom is -0.258 e. The quantitative estimate of drug-likeness (QED) is 0.664. The third-order valence-corrected chi connectivity index (χ3v) is 3.73. The van der Waals surface area contributed by atoms with Crippen LogP contribution in [0.1, 0.15) is 83.5 Å². The van der Waals surface area contributed by atoms with Gasteiger partial charge in [0.05, 0.1) is 0 Å². The fraction of sp³-hybridized carbons (Fsp3) is 1.00. The molecule has 0 aromatic heterocycles. The Morgan fingerprint density at radius 3 is 0.824 bits per heavy atom. The second-order valence-electron chi connectivity index (χ2n) is 5.45. The van der Waals surface area contributed by atoms with Gasteiger partial charge >= 0.3 is 0 Å². The van der Waals surface area contributed by atoms with Gasteiger partial charge in [0.2, 0.25) is 0 Å². The van der Waals surface area contributed by atoms with E-state index >= 15 is 0 Å². The zero-order valence-electron chi connectivity index (χ0n) is 11.6. The van der Waals surface area contributed by atoms with Crippen molar-refractivity contribution in [3.8, 4) is 0 Å². The predicted molar refractivity (Wildman–Crippen MR) is 76.0 cm³/mol. The van der Waals surface area contributed by atoms with Crippen LogP contribution in [0.25, 0.3) is 0 Å². The van der Waals surface area contributed by atoms with Crippen LogP contribution in [0.2, 0.25) is 0 Å². The van der Waals surface area contributed by atoms with E-state index in [1.54, 1.807) is 0 Å². The van der Waals surface area contributed by atoms with Crippen LogP contribution in [0.15, 0.2) is 0 Å². The maximum Gasteiger partial charge on any atom is 0.00997 e. The van der Waals surface area contributed by atoms with E-state index < -0.39 is 0 Å². The lowest BCUT2D eigenvalue weighted by Gasteiger charge is -2.06. The van der Waals surface area contributed by atoms with Gasteiger partial charge in [-0.15, -0.1) is 0 Å². The van der Waals surface area contributed by atoms with Crippen LogP contribution in [0, 0.1) is 0 Å². The van der Waals surface area contributed by atoms with E-state index in [0.29, 0.717) is 0 Å². The van der Waals surface area contributed by atoms with E-state index in [0.717, 1.165) is 13.1 Å². The van der Waals surface area contributed by atoms with Gasteiger partial charge in [-0.2, -0.15) is 0 Å². The summed E-state index contributed by atoms with van der Waals surface area (Å²) in [5.41, 5.74) is 6.66. The number of hydrazine groups is 1. The third-order valence-electron chi connectivity index (χ3n) is 3.73. The van der Waals surface area contributed by atoms with Crippen molar-refractivity contribution in [1.82, 2.24) is 10.9 Å². The molecule has 0 atom stereocenters. The molecule has 2 N–H and O–H groups in total. The van der Waals surface area contributed by atoms with Crippen LogP contribution >= 0.6 is 0 Å². The molecule has 0 aromatic carbocycles. The van der Waals surface area contributed by atoms with Crippen LogP contribution in [0.3, 0.4) is 0 Å². The van der Waals surface area contributed by atoms with Gasteiger partial charge in [-0.1, -0.05) is 70.6 Å². The first kappa shape index (κ1) is 15.0. The second-order valence-corrected chi connectivity index (χ2v) is 5.45. The number of rotatable bonds is 0. The Hall–Kier alpha value is -0.0800. The molecule has 0 radical (unpaired) electrons. The van der Waals surface area contributed by atoms with Crippen molar-refractivity contribution in [1.29, 1.82) is 0 Å². The Morgan fingerprint density at radius 2 is 0.529 bits per heavy atom. The van der Waals surface area contributed by atoms with Crippen molar-refractivity contribution in [2.24, 2.45) is 0 Å². The fourth-order valence-corrected chi connectivity index (χ4v) is 2.55. The third kappa shape index (κ3) is 10.8. The summed E-state index contributed by atoms with van der Waals surface area (Å²) in [5.74, 6) is 0. The molecule has 0 aromatic rings. The van der Waals surface area contributed by atoms with Gasteiger partial charge in [-0.05, 0) is 12.8 Å². The minimum atomic E-state index is 1.14. The van der Waals surface area contributed by atoms with Gasteiger partial charge in [0.1, 0.15) is 0 Å². The average molecular weight is 240 g/mol. The second kappa shape index (κ2) is 12.4. The van der Waals surface area contributed by atoms with E-state index in [1.807, 2.05) is 0 Å². The highest BCUT2D eigenvalue weighted by atomic mass is 15.3. The van der Waals surface area contributed by atoms with E-state index in [9.17, 15) is 0 Å². The highest BCUT2D eigenvalue weighted by Gasteiger charge is 1.95. The normalized spacial score (nSPS) is 24.0. The molecule has 1 aliphatic heterocycles. The minimum absolute atomic E-state index is 1.14.